The fourth-order valence-electron chi connectivity index (χ4n) is 3.58. The number of carbonyl (C=O) groups excluding carboxylic acids is 1. The van der Waals surface area contributed by atoms with Crippen LogP contribution in [0.1, 0.15) is 53.0 Å². The lowest BCUT2D eigenvalue weighted by atomic mass is 9.67. The summed E-state index contributed by atoms with van der Waals surface area (Å²) in [6.45, 7) is 11.9. The van der Waals surface area contributed by atoms with Crippen LogP contribution in [0.15, 0.2) is 30.3 Å². The van der Waals surface area contributed by atoms with Gasteiger partial charge in [0.2, 0.25) is 0 Å². The van der Waals surface area contributed by atoms with E-state index in [1.807, 2.05) is 25.1 Å². The first kappa shape index (κ1) is 21.0. The Morgan fingerprint density at radius 2 is 1.88 bits per heavy atom. The smallest absolute Gasteiger partial charge is 0.306 e. The van der Waals surface area contributed by atoms with Gasteiger partial charge in [-0.2, -0.15) is 0 Å². The highest BCUT2D eigenvalue weighted by Gasteiger charge is 2.50. The lowest BCUT2D eigenvalue weighted by Crippen LogP contribution is -2.58. The molecule has 3 nitrogen and oxygen atoms in total. The number of ether oxygens (including phenoxy) is 1. The van der Waals surface area contributed by atoms with Crippen molar-refractivity contribution >= 4 is 18.4 Å². The second-order valence-electron chi connectivity index (χ2n) is 7.97. The molecule has 1 aromatic rings. The van der Waals surface area contributed by atoms with E-state index in [0.717, 1.165) is 18.5 Å². The summed E-state index contributed by atoms with van der Waals surface area (Å²) >= 11 is 0. The van der Waals surface area contributed by atoms with Crippen LogP contribution in [-0.2, 0) is 15.1 Å². The molecule has 1 saturated heterocycles. The van der Waals surface area contributed by atoms with Gasteiger partial charge in [-0.05, 0) is 37.3 Å². The highest BCUT2D eigenvalue weighted by molar-refractivity contribution is 5.85. The minimum absolute atomic E-state index is 0. The molecule has 4 heteroatoms. The number of benzene rings is 1. The first-order valence-corrected chi connectivity index (χ1v) is 8.68. The third kappa shape index (κ3) is 4.12. The van der Waals surface area contributed by atoms with E-state index < -0.39 is 5.60 Å². The number of halogens is 1. The number of nitrogens with zero attached hydrogens (tertiary/aromatic N) is 1. The van der Waals surface area contributed by atoms with Crippen LogP contribution in [0, 0.1) is 11.3 Å². The van der Waals surface area contributed by atoms with Crippen LogP contribution in [0.5, 0.6) is 0 Å². The summed E-state index contributed by atoms with van der Waals surface area (Å²) in [6, 6.07) is 10.4. The van der Waals surface area contributed by atoms with Crippen LogP contribution in [0.2, 0.25) is 0 Å². The Balaban J connectivity index is 0.00000288. The fraction of sp³-hybridized carbons (Fsp3) is 0.650. The largest absolute Gasteiger partial charge is 0.452 e. The van der Waals surface area contributed by atoms with Crippen molar-refractivity contribution in [3.63, 3.8) is 0 Å². The predicted molar refractivity (Wildman–Crippen MR) is 101 cm³/mol. The van der Waals surface area contributed by atoms with Gasteiger partial charge in [0.15, 0.2) is 5.60 Å². The van der Waals surface area contributed by atoms with Crippen LogP contribution in [0.4, 0.5) is 0 Å². The second-order valence-corrected chi connectivity index (χ2v) is 7.97. The van der Waals surface area contributed by atoms with Crippen molar-refractivity contribution in [2.75, 3.05) is 13.6 Å². The summed E-state index contributed by atoms with van der Waals surface area (Å²) in [6.07, 6.45) is 1.28. The molecule has 0 radical (unpaired) electrons. The molecule has 0 amide bonds. The van der Waals surface area contributed by atoms with E-state index in [1.165, 1.54) is 0 Å². The number of piperidine rings is 1. The van der Waals surface area contributed by atoms with E-state index in [4.69, 9.17) is 4.74 Å². The molecule has 0 spiro atoms. The molecule has 24 heavy (non-hydrogen) atoms. The average molecular weight is 354 g/mol. The van der Waals surface area contributed by atoms with Crippen molar-refractivity contribution in [3.8, 4) is 0 Å². The first-order chi connectivity index (χ1) is 10.7. The van der Waals surface area contributed by atoms with E-state index in [9.17, 15) is 4.79 Å². The van der Waals surface area contributed by atoms with Gasteiger partial charge in [-0.3, -0.25) is 9.69 Å². The zero-order valence-corrected chi connectivity index (χ0v) is 16.7. The lowest BCUT2D eigenvalue weighted by molar-refractivity contribution is -0.182. The topological polar surface area (TPSA) is 29.5 Å². The van der Waals surface area contributed by atoms with Gasteiger partial charge in [-0.1, -0.05) is 58.0 Å². The maximum absolute atomic E-state index is 12.2. The molecule has 1 aliphatic heterocycles. The standard InChI is InChI=1S/C20H31NO2.ClH/c1-7-18(22)23-20(16-11-9-8-10-12-16)13-17(19(3,4)5)14-21(6)15(20)2;/h8-12,15,17H,7,13-14H2,1-6H3;1H. The van der Waals surface area contributed by atoms with E-state index in [1.54, 1.807) is 0 Å². The summed E-state index contributed by atoms with van der Waals surface area (Å²) in [7, 11) is 2.14. The van der Waals surface area contributed by atoms with Gasteiger partial charge in [0.25, 0.3) is 0 Å². The van der Waals surface area contributed by atoms with E-state index in [0.29, 0.717) is 12.3 Å². The fourth-order valence-corrected chi connectivity index (χ4v) is 3.58. The van der Waals surface area contributed by atoms with Crippen molar-refractivity contribution in [2.45, 2.75) is 59.1 Å². The van der Waals surface area contributed by atoms with E-state index in [2.05, 4.69) is 51.8 Å². The summed E-state index contributed by atoms with van der Waals surface area (Å²) < 4.78 is 6.14. The molecule has 0 saturated carbocycles. The Morgan fingerprint density at radius 3 is 2.38 bits per heavy atom. The van der Waals surface area contributed by atoms with Gasteiger partial charge in [0, 0.05) is 13.0 Å². The van der Waals surface area contributed by atoms with Gasteiger partial charge in [-0.15, -0.1) is 12.4 Å². The zero-order valence-electron chi connectivity index (χ0n) is 15.8. The van der Waals surface area contributed by atoms with Crippen LogP contribution in [0.3, 0.4) is 0 Å². The summed E-state index contributed by atoms with van der Waals surface area (Å²) in [5, 5.41) is 0. The minimum Gasteiger partial charge on any atom is -0.452 e. The van der Waals surface area contributed by atoms with E-state index >= 15 is 0 Å². The molecule has 0 bridgehead atoms. The Bertz CT molecular complexity index is 540. The summed E-state index contributed by atoms with van der Waals surface area (Å²) in [5.74, 6) is 0.345. The average Bonchev–Trinajstić information content (AvgIpc) is 2.51. The van der Waals surface area contributed by atoms with Gasteiger partial charge in [0.05, 0.1) is 6.04 Å². The molecule has 2 rings (SSSR count). The molecule has 0 N–H and O–H groups in total. The lowest BCUT2D eigenvalue weighted by Gasteiger charge is -2.52. The monoisotopic (exact) mass is 353 g/mol. The quantitative estimate of drug-likeness (QED) is 0.741. The molecule has 3 atom stereocenters. The summed E-state index contributed by atoms with van der Waals surface area (Å²) in [5.41, 5.74) is 0.710. The number of esters is 1. The Kier molecular flexibility index (Phi) is 6.89. The normalized spacial score (nSPS) is 28.1. The Hall–Kier alpha value is -1.06. The number of likely N-dealkylation sites (N-methyl/N-ethyl adjacent to an activating group) is 1. The molecule has 1 aliphatic rings. The molecule has 1 aromatic carbocycles. The molecule has 136 valence electrons. The predicted octanol–water partition coefficient (Wildman–Crippen LogP) is 4.64. The molecule has 1 heterocycles. The van der Waals surface area contributed by atoms with Crippen molar-refractivity contribution in [2.24, 2.45) is 11.3 Å². The molecular weight excluding hydrogens is 322 g/mol. The molecular formula is C20H32ClNO2. The van der Waals surface area contributed by atoms with Crippen molar-refractivity contribution in [1.82, 2.24) is 4.90 Å². The number of carbonyl (C=O) groups is 1. The minimum atomic E-state index is -0.570. The van der Waals surface area contributed by atoms with Gasteiger partial charge >= 0.3 is 5.97 Å². The van der Waals surface area contributed by atoms with Crippen molar-refractivity contribution in [3.05, 3.63) is 35.9 Å². The molecule has 0 aliphatic carbocycles. The second kappa shape index (κ2) is 7.88. The van der Waals surface area contributed by atoms with Crippen molar-refractivity contribution < 1.29 is 9.53 Å². The molecule has 3 unspecified atom stereocenters. The Morgan fingerprint density at radius 1 is 1.29 bits per heavy atom. The zero-order chi connectivity index (χ0) is 17.3. The maximum atomic E-state index is 12.2. The van der Waals surface area contributed by atoms with E-state index in [-0.39, 0.29) is 29.8 Å². The maximum Gasteiger partial charge on any atom is 0.306 e. The van der Waals surface area contributed by atoms with Crippen LogP contribution in [-0.4, -0.2) is 30.5 Å². The highest BCUT2D eigenvalue weighted by atomic mass is 35.5. The van der Waals surface area contributed by atoms with Gasteiger partial charge in [-0.25, -0.2) is 0 Å². The number of likely N-dealkylation sites (tertiary alicyclic amines) is 1. The summed E-state index contributed by atoms with van der Waals surface area (Å²) in [4.78, 5) is 14.6. The number of hydrogen-bond donors (Lipinski definition) is 0. The third-order valence-electron chi connectivity index (χ3n) is 5.47. The van der Waals surface area contributed by atoms with Gasteiger partial charge in [0.1, 0.15) is 0 Å². The SMILES string of the molecule is CCC(=O)OC1(c2ccccc2)CC(C(C)(C)C)CN(C)C1C.Cl. The number of rotatable bonds is 3. The highest BCUT2D eigenvalue weighted by Crippen LogP contribution is 2.47. The van der Waals surface area contributed by atoms with Crippen LogP contribution >= 0.6 is 12.4 Å². The first-order valence-electron chi connectivity index (χ1n) is 8.68. The van der Waals surface area contributed by atoms with Crippen molar-refractivity contribution in [1.29, 1.82) is 0 Å². The third-order valence-corrected chi connectivity index (χ3v) is 5.47. The Labute approximate surface area is 153 Å². The van der Waals surface area contributed by atoms with Crippen LogP contribution in [0.25, 0.3) is 0 Å². The molecule has 0 aromatic heterocycles. The van der Waals surface area contributed by atoms with Gasteiger partial charge < -0.3 is 4.74 Å². The van der Waals surface area contributed by atoms with Crippen LogP contribution < -0.4 is 0 Å². The number of hydrogen-bond acceptors (Lipinski definition) is 3. The molecule has 1 fully saturated rings.